The topological polar surface area (TPSA) is 228 Å². The zero-order valence-corrected chi connectivity index (χ0v) is 39.8. The summed E-state index contributed by atoms with van der Waals surface area (Å²) in [6.45, 7) is 8.68. The Morgan fingerprint density at radius 2 is 1.31 bits per heavy atom. The number of aromatic nitrogens is 7. The number of hydrogen-bond donors (Lipinski definition) is 4. The second-order valence-corrected chi connectivity index (χ2v) is 18.7. The van der Waals surface area contributed by atoms with Gasteiger partial charge in [0.2, 0.25) is 30.3 Å². The molecule has 19 nitrogen and oxygen atoms in total. The van der Waals surface area contributed by atoms with E-state index in [-0.39, 0.29) is 35.7 Å². The first-order chi connectivity index (χ1) is 33.9. The summed E-state index contributed by atoms with van der Waals surface area (Å²) in [5.41, 5.74) is 7.78. The van der Waals surface area contributed by atoms with Crippen LogP contribution in [0.25, 0.3) is 56.1 Å². The number of methoxy groups -OCH3 is 2. The number of imidazole rings is 2. The van der Waals surface area contributed by atoms with Crippen molar-refractivity contribution in [1.29, 1.82) is 0 Å². The molecule has 0 spiro atoms. The Morgan fingerprint density at radius 3 is 1.89 bits per heavy atom. The van der Waals surface area contributed by atoms with Crippen LogP contribution in [0.2, 0.25) is 0 Å². The lowest BCUT2D eigenvalue weighted by Gasteiger charge is -2.31. The van der Waals surface area contributed by atoms with Crippen LogP contribution in [0.1, 0.15) is 88.9 Å². The minimum absolute atomic E-state index is 0.144. The van der Waals surface area contributed by atoms with Crippen LogP contribution in [0.15, 0.2) is 90.0 Å². The van der Waals surface area contributed by atoms with Crippen LogP contribution in [0.5, 0.6) is 5.75 Å². The van der Waals surface area contributed by atoms with Crippen molar-refractivity contribution in [2.75, 3.05) is 27.3 Å². The van der Waals surface area contributed by atoms with Gasteiger partial charge in [-0.25, -0.2) is 19.6 Å². The van der Waals surface area contributed by atoms with Gasteiger partial charge in [-0.05, 0) is 73.9 Å². The summed E-state index contributed by atoms with van der Waals surface area (Å²) in [4.78, 5) is 76.5. The van der Waals surface area contributed by atoms with Crippen LogP contribution in [-0.2, 0) is 19.1 Å². The number of ether oxygens (including phenoxy) is 3. The number of fused-ring (bicyclic) bond motifs is 5. The van der Waals surface area contributed by atoms with Crippen LogP contribution in [0, 0.1) is 11.8 Å². The van der Waals surface area contributed by atoms with E-state index >= 15 is 0 Å². The van der Waals surface area contributed by atoms with Crippen LogP contribution in [0.4, 0.5) is 9.59 Å². The van der Waals surface area contributed by atoms with Crippen LogP contribution < -0.4 is 15.4 Å². The van der Waals surface area contributed by atoms with E-state index < -0.39 is 30.5 Å². The first kappa shape index (κ1) is 45.8. The van der Waals surface area contributed by atoms with Crippen molar-refractivity contribution >= 4 is 34.9 Å². The van der Waals surface area contributed by atoms with Crippen LogP contribution >= 0.6 is 0 Å². The van der Waals surface area contributed by atoms with Crippen molar-refractivity contribution in [3.63, 3.8) is 0 Å². The Kier molecular flexibility index (Phi) is 12.3. The maximum absolute atomic E-state index is 13.9. The molecular formula is C51H55N11O8. The van der Waals surface area contributed by atoms with E-state index in [1.165, 1.54) is 20.6 Å². The summed E-state index contributed by atoms with van der Waals surface area (Å²) in [7, 11) is 2.57. The number of H-pyrrole nitrogens is 2. The normalized spacial score (nSPS) is 18.4. The zero-order valence-electron chi connectivity index (χ0n) is 39.8. The molecular weight excluding hydrogens is 895 g/mol. The number of rotatable bonds is 12. The van der Waals surface area contributed by atoms with E-state index in [0.29, 0.717) is 36.3 Å². The van der Waals surface area contributed by atoms with Crippen LogP contribution in [0.3, 0.4) is 0 Å². The number of amides is 4. The molecule has 2 fully saturated rings. The van der Waals surface area contributed by atoms with Crippen molar-refractivity contribution in [2.24, 2.45) is 11.8 Å². The van der Waals surface area contributed by atoms with E-state index in [1.54, 1.807) is 22.2 Å². The maximum atomic E-state index is 13.9. The number of aromatic amines is 2. The molecule has 19 heteroatoms. The monoisotopic (exact) mass is 949 g/mol. The lowest BCUT2D eigenvalue weighted by molar-refractivity contribution is -0.136. The average molecular weight is 950 g/mol. The van der Waals surface area contributed by atoms with Gasteiger partial charge in [-0.3, -0.25) is 9.59 Å². The van der Waals surface area contributed by atoms with E-state index in [2.05, 4.69) is 65.6 Å². The average Bonchev–Trinajstić information content (AvgIpc) is 4.23. The summed E-state index contributed by atoms with van der Waals surface area (Å²) in [6.07, 6.45) is 6.08. The smallest absolute Gasteiger partial charge is 0.407 e. The third kappa shape index (κ3) is 8.49. The maximum Gasteiger partial charge on any atom is 0.407 e. The van der Waals surface area contributed by atoms with Gasteiger partial charge < -0.3 is 53.7 Å². The van der Waals surface area contributed by atoms with Gasteiger partial charge in [0.1, 0.15) is 29.5 Å². The molecule has 2 saturated heterocycles. The summed E-state index contributed by atoms with van der Waals surface area (Å²) >= 11 is 0. The highest BCUT2D eigenvalue weighted by atomic mass is 16.5. The van der Waals surface area contributed by atoms with Gasteiger partial charge >= 0.3 is 12.2 Å². The molecule has 10 rings (SSSR count). The number of nitrogens with one attached hydrogen (secondary N) is 4. The molecule has 3 aromatic carbocycles. The molecule has 4 N–H and O–H groups in total. The van der Waals surface area contributed by atoms with Gasteiger partial charge in [-0.2, -0.15) is 4.98 Å². The third-order valence-electron chi connectivity index (χ3n) is 13.7. The Balaban J connectivity index is 0.972. The second-order valence-electron chi connectivity index (χ2n) is 18.7. The van der Waals surface area contributed by atoms with E-state index in [9.17, 15) is 19.2 Å². The van der Waals surface area contributed by atoms with Crippen molar-refractivity contribution in [3.05, 3.63) is 103 Å². The Labute approximate surface area is 403 Å². The molecule has 7 aromatic rings. The van der Waals surface area contributed by atoms with Crippen molar-refractivity contribution in [3.8, 4) is 50.9 Å². The molecule has 7 heterocycles. The van der Waals surface area contributed by atoms with E-state index in [1.807, 2.05) is 64.1 Å². The quantitative estimate of drug-likeness (QED) is 0.0910. The fourth-order valence-electron chi connectivity index (χ4n) is 10.1. The number of carbonyl (C=O) groups is 4. The van der Waals surface area contributed by atoms with E-state index in [4.69, 9.17) is 28.7 Å². The van der Waals surface area contributed by atoms with Gasteiger partial charge in [-0.1, -0.05) is 63.2 Å². The van der Waals surface area contributed by atoms with Crippen molar-refractivity contribution < 1.29 is 37.9 Å². The number of benzene rings is 3. The standard InChI is InChI=1S/C51H55N11O8/c1-27(2)42(57-50(65)67-5)47(63)60-18-8-12-38(60)45-52-24-35(55-45)29-15-17-37-33(20-29)22-40-34-16-14-30(23-41(34)70-49(62(37)40)32-11-7-10-31(21-32)44-54-26-69-59-44)36-25-53-46(56-36)39-13-9-19-61(39)48(64)43(28(3)4)58-51(66)68-6/h7,10-11,14-17,20-28,38-39,42-43,49H,8-9,12-13,18-19H2,1-6H3,(H,52,55)(H,53,56)(H,57,65)(H,58,66)/t38-,39-,42-,43-,49?/m0/s1. The Hall–Kier alpha value is -7.96. The fourth-order valence-corrected chi connectivity index (χ4v) is 10.1. The molecule has 0 radical (unpaired) electrons. The van der Waals surface area contributed by atoms with Crippen LogP contribution in [-0.4, -0.2) is 108 Å². The molecule has 4 amide bonds. The number of likely N-dealkylation sites (tertiary alicyclic amines) is 2. The predicted molar refractivity (Wildman–Crippen MR) is 257 cm³/mol. The van der Waals surface area contributed by atoms with E-state index in [0.717, 1.165) is 81.5 Å². The molecule has 5 atom stereocenters. The summed E-state index contributed by atoms with van der Waals surface area (Å²) in [6, 6.07) is 20.4. The number of hydrogen-bond acceptors (Lipinski definition) is 12. The molecule has 0 saturated carbocycles. The fraction of sp³-hybridized carbons (Fsp3) is 0.373. The zero-order chi connectivity index (χ0) is 48.8. The molecule has 70 heavy (non-hydrogen) atoms. The number of nitrogens with zero attached hydrogens (tertiary/aromatic N) is 7. The van der Waals surface area contributed by atoms with Crippen molar-refractivity contribution in [1.82, 2.24) is 55.1 Å². The van der Waals surface area contributed by atoms with Gasteiger partial charge in [-0.15, -0.1) is 0 Å². The second kappa shape index (κ2) is 18.9. The Morgan fingerprint density at radius 1 is 0.714 bits per heavy atom. The Bertz CT molecular complexity index is 3080. The molecule has 4 aromatic heterocycles. The lowest BCUT2D eigenvalue weighted by Crippen LogP contribution is -2.51. The minimum Gasteiger partial charge on any atom is -0.465 e. The van der Waals surface area contributed by atoms with Crippen molar-refractivity contribution in [2.45, 2.75) is 83.8 Å². The number of alkyl carbamates (subject to hydrolysis) is 2. The SMILES string of the molecule is COC(=O)N[C@H](C(=O)N1CCC[C@H]1c1ncc(-c2ccc3c(c2)OC(c2cccc(-c4ncon4)c2)n2c-3cc3cc(-c4cnc([C@@H]5CCCN5C(=O)[C@@H](NC(=O)OC)C(C)C)[nH]4)ccc32)[nH]1)C(C)C. The first-order valence-electron chi connectivity index (χ1n) is 23.6. The summed E-state index contributed by atoms with van der Waals surface area (Å²) < 4.78 is 24.0. The molecule has 0 bridgehead atoms. The minimum atomic E-state index is -0.740. The molecule has 1 unspecified atom stereocenters. The molecule has 362 valence electrons. The molecule has 3 aliphatic heterocycles. The van der Waals surface area contributed by atoms with Gasteiger partial charge in [0.25, 0.3) is 0 Å². The molecule has 3 aliphatic rings. The van der Waals surface area contributed by atoms with Gasteiger partial charge in [0.05, 0.1) is 61.3 Å². The predicted octanol–water partition coefficient (Wildman–Crippen LogP) is 8.17. The first-order valence-corrected chi connectivity index (χ1v) is 23.6. The largest absolute Gasteiger partial charge is 0.465 e. The summed E-state index contributed by atoms with van der Waals surface area (Å²) in [5, 5.41) is 10.5. The highest BCUT2D eigenvalue weighted by Crippen LogP contribution is 2.47. The number of carbonyl (C=O) groups excluding carboxylic acids is 4. The van der Waals surface area contributed by atoms with Gasteiger partial charge in [0.15, 0.2) is 0 Å². The molecule has 0 aliphatic carbocycles. The lowest BCUT2D eigenvalue weighted by atomic mass is 10.0. The summed E-state index contributed by atoms with van der Waals surface area (Å²) in [5.74, 6) is 1.84. The third-order valence-corrected chi connectivity index (χ3v) is 13.7. The van der Waals surface area contributed by atoms with Gasteiger partial charge in [0, 0.05) is 46.3 Å². The highest BCUT2D eigenvalue weighted by molar-refractivity contribution is 5.93. The highest BCUT2D eigenvalue weighted by Gasteiger charge is 2.39.